The minimum absolute atomic E-state index is 0.0231. The first-order valence-electron chi connectivity index (χ1n) is 9.77. The van der Waals surface area contributed by atoms with Crippen LogP contribution in [0.5, 0.6) is 0 Å². The van der Waals surface area contributed by atoms with Crippen LogP contribution in [0.1, 0.15) is 32.9 Å². The number of benzene rings is 1. The molecule has 6 nitrogen and oxygen atoms in total. The summed E-state index contributed by atoms with van der Waals surface area (Å²) in [6.07, 6.45) is 2.88. The largest absolute Gasteiger partial charge is 0.351 e. The number of hydrogen-bond donors (Lipinski definition) is 2. The van der Waals surface area contributed by atoms with Crippen molar-refractivity contribution >= 4 is 45.0 Å². The molecule has 1 aliphatic rings. The van der Waals surface area contributed by atoms with E-state index in [2.05, 4.69) is 33.1 Å². The molecule has 0 spiro atoms. The molecule has 0 saturated carbocycles. The van der Waals surface area contributed by atoms with Gasteiger partial charge in [0.1, 0.15) is 6.04 Å². The van der Waals surface area contributed by atoms with E-state index in [0.717, 1.165) is 4.47 Å². The molecule has 2 N–H and O–H groups in total. The van der Waals surface area contributed by atoms with E-state index in [1.165, 1.54) is 11.3 Å². The second kappa shape index (κ2) is 10.5. The van der Waals surface area contributed by atoms with Gasteiger partial charge in [-0.05, 0) is 48.4 Å². The Morgan fingerprint density at radius 1 is 1.23 bits per heavy atom. The second-order valence-corrected chi connectivity index (χ2v) is 8.97. The molecule has 1 saturated heterocycles. The van der Waals surface area contributed by atoms with Crippen molar-refractivity contribution in [1.82, 2.24) is 15.5 Å². The summed E-state index contributed by atoms with van der Waals surface area (Å²) in [7, 11) is 0. The Balaban J connectivity index is 1.66. The Morgan fingerprint density at radius 3 is 2.63 bits per heavy atom. The minimum Gasteiger partial charge on any atom is -0.351 e. The third kappa shape index (κ3) is 5.58. The van der Waals surface area contributed by atoms with E-state index < -0.39 is 6.04 Å². The van der Waals surface area contributed by atoms with Crippen molar-refractivity contribution in [2.75, 3.05) is 19.6 Å². The highest BCUT2D eigenvalue weighted by atomic mass is 79.9. The Hall–Kier alpha value is -2.45. The maximum Gasteiger partial charge on any atom is 0.262 e. The number of hydrogen-bond acceptors (Lipinski definition) is 4. The van der Waals surface area contributed by atoms with Crippen molar-refractivity contribution in [2.45, 2.75) is 18.9 Å². The average molecular weight is 490 g/mol. The highest BCUT2D eigenvalue weighted by Gasteiger charge is 2.34. The van der Waals surface area contributed by atoms with Crippen LogP contribution in [0.3, 0.4) is 0 Å². The Morgan fingerprint density at radius 2 is 2.00 bits per heavy atom. The third-order valence-corrected chi connectivity index (χ3v) is 6.47. The van der Waals surface area contributed by atoms with Crippen LogP contribution >= 0.6 is 27.3 Å². The molecule has 1 aromatic heterocycles. The highest BCUT2D eigenvalue weighted by molar-refractivity contribution is 9.10. The van der Waals surface area contributed by atoms with Crippen LogP contribution < -0.4 is 10.6 Å². The van der Waals surface area contributed by atoms with Crippen LogP contribution in [0, 0.1) is 5.92 Å². The van der Waals surface area contributed by atoms with Crippen molar-refractivity contribution in [3.05, 3.63) is 69.3 Å². The zero-order valence-corrected chi connectivity index (χ0v) is 18.9. The van der Waals surface area contributed by atoms with Gasteiger partial charge >= 0.3 is 0 Å². The van der Waals surface area contributed by atoms with E-state index in [0.29, 0.717) is 42.9 Å². The summed E-state index contributed by atoms with van der Waals surface area (Å²) in [5.41, 5.74) is 0.633. The topological polar surface area (TPSA) is 78.5 Å². The minimum atomic E-state index is -0.650. The molecule has 2 aromatic rings. The van der Waals surface area contributed by atoms with Gasteiger partial charge in [0.05, 0.1) is 4.88 Å². The van der Waals surface area contributed by atoms with Gasteiger partial charge in [0.2, 0.25) is 5.91 Å². The Bertz CT molecular complexity index is 908. The smallest absolute Gasteiger partial charge is 0.262 e. The van der Waals surface area contributed by atoms with E-state index in [1.54, 1.807) is 35.2 Å². The zero-order valence-electron chi connectivity index (χ0n) is 16.5. The monoisotopic (exact) mass is 489 g/mol. The number of rotatable bonds is 7. The predicted molar refractivity (Wildman–Crippen MR) is 122 cm³/mol. The summed E-state index contributed by atoms with van der Waals surface area (Å²) in [5.74, 6) is -0.553. The molecular formula is C22H24BrN3O3S. The van der Waals surface area contributed by atoms with Crippen LogP contribution in [0.25, 0.3) is 0 Å². The molecule has 3 rings (SSSR count). The predicted octanol–water partition coefficient (Wildman–Crippen LogP) is 3.46. The van der Waals surface area contributed by atoms with Gasteiger partial charge in [-0.3, -0.25) is 14.4 Å². The number of halogens is 1. The molecule has 0 unspecified atom stereocenters. The summed E-state index contributed by atoms with van der Waals surface area (Å²) in [6, 6.07) is 10.2. The molecule has 0 bridgehead atoms. The summed E-state index contributed by atoms with van der Waals surface area (Å²) in [6.45, 7) is 5.04. The van der Waals surface area contributed by atoms with Gasteiger partial charge in [-0.15, -0.1) is 17.9 Å². The molecule has 1 atom stereocenters. The molecule has 0 radical (unpaired) electrons. The Labute approximate surface area is 188 Å². The third-order valence-electron chi connectivity index (χ3n) is 5.10. The molecule has 158 valence electrons. The first kappa shape index (κ1) is 22.2. The summed E-state index contributed by atoms with van der Waals surface area (Å²) in [5, 5.41) is 7.52. The molecular weight excluding hydrogens is 466 g/mol. The van der Waals surface area contributed by atoms with Gasteiger partial charge in [-0.1, -0.05) is 34.1 Å². The van der Waals surface area contributed by atoms with Gasteiger partial charge in [0.15, 0.2) is 0 Å². The Kier molecular flexibility index (Phi) is 7.81. The van der Waals surface area contributed by atoms with Gasteiger partial charge in [0.25, 0.3) is 11.8 Å². The molecule has 2 heterocycles. The molecule has 1 aromatic carbocycles. The van der Waals surface area contributed by atoms with Gasteiger partial charge in [-0.25, -0.2) is 0 Å². The SMILES string of the molecule is C=CCNC(=O)[C@@H](NC(=O)c1cccs1)C1CCN(C(=O)c2cccc(Br)c2)CC1. The molecule has 3 amide bonds. The molecule has 0 aliphatic carbocycles. The van der Waals surface area contributed by atoms with Crippen molar-refractivity contribution in [1.29, 1.82) is 0 Å². The lowest BCUT2D eigenvalue weighted by Crippen LogP contribution is -2.53. The van der Waals surface area contributed by atoms with Crippen molar-refractivity contribution in [2.24, 2.45) is 5.92 Å². The van der Waals surface area contributed by atoms with E-state index in [4.69, 9.17) is 0 Å². The normalized spacial score (nSPS) is 15.3. The lowest BCUT2D eigenvalue weighted by molar-refractivity contribution is -0.124. The first-order chi connectivity index (χ1) is 14.5. The second-order valence-electron chi connectivity index (χ2n) is 7.10. The van der Waals surface area contributed by atoms with E-state index in [-0.39, 0.29) is 23.6 Å². The number of piperidine rings is 1. The number of carbonyl (C=O) groups is 3. The number of amides is 3. The summed E-state index contributed by atoms with van der Waals surface area (Å²) < 4.78 is 0.860. The highest BCUT2D eigenvalue weighted by Crippen LogP contribution is 2.24. The molecule has 30 heavy (non-hydrogen) atoms. The van der Waals surface area contributed by atoms with E-state index in [9.17, 15) is 14.4 Å². The van der Waals surface area contributed by atoms with Crippen molar-refractivity contribution < 1.29 is 14.4 Å². The van der Waals surface area contributed by atoms with Crippen LogP contribution in [0.15, 0.2) is 58.9 Å². The summed E-state index contributed by atoms with van der Waals surface area (Å²) >= 11 is 4.73. The van der Waals surface area contributed by atoms with Crippen molar-refractivity contribution in [3.63, 3.8) is 0 Å². The maximum atomic E-state index is 12.8. The quantitative estimate of drug-likeness (QED) is 0.584. The zero-order chi connectivity index (χ0) is 21.5. The lowest BCUT2D eigenvalue weighted by atomic mass is 9.88. The molecule has 1 aliphatic heterocycles. The fourth-order valence-corrected chi connectivity index (χ4v) is 4.57. The van der Waals surface area contributed by atoms with Crippen LogP contribution in [0.2, 0.25) is 0 Å². The van der Waals surface area contributed by atoms with E-state index >= 15 is 0 Å². The average Bonchev–Trinajstić information content (AvgIpc) is 3.30. The van der Waals surface area contributed by atoms with Crippen LogP contribution in [0.4, 0.5) is 0 Å². The number of nitrogens with zero attached hydrogens (tertiary/aromatic N) is 1. The fraction of sp³-hybridized carbons (Fsp3) is 0.318. The maximum absolute atomic E-state index is 12.8. The van der Waals surface area contributed by atoms with Gasteiger partial charge in [-0.2, -0.15) is 0 Å². The number of nitrogens with one attached hydrogen (secondary N) is 2. The number of carbonyl (C=O) groups excluding carboxylic acids is 3. The first-order valence-corrected chi connectivity index (χ1v) is 11.4. The number of likely N-dealkylation sites (tertiary alicyclic amines) is 1. The molecule has 8 heteroatoms. The number of thiophene rings is 1. The van der Waals surface area contributed by atoms with Crippen LogP contribution in [-0.4, -0.2) is 48.3 Å². The molecule has 1 fully saturated rings. The van der Waals surface area contributed by atoms with Gasteiger partial charge in [0, 0.05) is 29.7 Å². The van der Waals surface area contributed by atoms with E-state index in [1.807, 2.05) is 17.5 Å². The van der Waals surface area contributed by atoms with Gasteiger partial charge < -0.3 is 15.5 Å². The van der Waals surface area contributed by atoms with Crippen LogP contribution in [-0.2, 0) is 4.79 Å². The lowest BCUT2D eigenvalue weighted by Gasteiger charge is -2.35. The van der Waals surface area contributed by atoms with Crippen molar-refractivity contribution in [3.8, 4) is 0 Å². The summed E-state index contributed by atoms with van der Waals surface area (Å²) in [4.78, 5) is 40.4. The standard InChI is InChI=1S/C22H24BrN3O3S/c1-2-10-24-21(28)19(25-20(27)18-7-4-13-30-18)15-8-11-26(12-9-15)22(29)16-5-3-6-17(23)14-16/h2-7,13-15,19H,1,8-12H2,(H,24,28)(H,25,27)/t19-/m0/s1. The fourth-order valence-electron chi connectivity index (χ4n) is 3.54.